The summed E-state index contributed by atoms with van der Waals surface area (Å²) in [4.78, 5) is 0. The van der Waals surface area contributed by atoms with E-state index in [4.69, 9.17) is 0 Å². The van der Waals surface area contributed by atoms with Gasteiger partial charge in [0.15, 0.2) is 0 Å². The number of halogens is 2. The first-order chi connectivity index (χ1) is 9.69. The quantitative estimate of drug-likeness (QED) is 0.462. The molecule has 1 aromatic carbocycles. The summed E-state index contributed by atoms with van der Waals surface area (Å²) in [7, 11) is 0. The van der Waals surface area contributed by atoms with Crippen molar-refractivity contribution in [2.45, 2.75) is 51.5 Å². The first-order valence-electron chi connectivity index (χ1n) is 7.48. The normalized spacial score (nSPS) is 12.3. The Balaban J connectivity index is 2.60. The Morgan fingerprint density at radius 1 is 1.25 bits per heavy atom. The van der Waals surface area contributed by atoms with E-state index in [1.807, 2.05) is 6.08 Å². The van der Waals surface area contributed by atoms with Gasteiger partial charge in [-0.3, -0.25) is 0 Å². The third-order valence-corrected chi connectivity index (χ3v) is 3.38. The topological polar surface area (TPSA) is 12.0 Å². The molecule has 0 saturated carbocycles. The van der Waals surface area contributed by atoms with Crippen LogP contribution in [-0.4, -0.2) is 6.54 Å². The SMILES string of the molecule is C=CCCCCCC(NCCC)c1ccc(F)cc1F. The summed E-state index contributed by atoms with van der Waals surface area (Å²) >= 11 is 0. The van der Waals surface area contributed by atoms with E-state index in [0.29, 0.717) is 5.56 Å². The van der Waals surface area contributed by atoms with Gasteiger partial charge in [0.05, 0.1) is 0 Å². The minimum Gasteiger partial charge on any atom is -0.310 e. The number of allylic oxidation sites excluding steroid dienone is 1. The van der Waals surface area contributed by atoms with E-state index in [0.717, 1.165) is 51.1 Å². The molecule has 1 nitrogen and oxygen atoms in total. The number of rotatable bonds is 10. The molecule has 0 aliphatic rings. The molecule has 1 N–H and O–H groups in total. The monoisotopic (exact) mass is 281 g/mol. The molecule has 0 aliphatic carbocycles. The molecule has 0 bridgehead atoms. The second-order valence-corrected chi connectivity index (χ2v) is 5.10. The van der Waals surface area contributed by atoms with Crippen LogP contribution in [-0.2, 0) is 0 Å². The maximum absolute atomic E-state index is 13.9. The van der Waals surface area contributed by atoms with E-state index in [1.165, 1.54) is 6.07 Å². The number of benzene rings is 1. The van der Waals surface area contributed by atoms with Crippen molar-refractivity contribution in [1.82, 2.24) is 5.32 Å². The van der Waals surface area contributed by atoms with Crippen molar-refractivity contribution in [1.29, 1.82) is 0 Å². The van der Waals surface area contributed by atoms with Gasteiger partial charge in [-0.15, -0.1) is 6.58 Å². The predicted octanol–water partition coefficient (Wildman–Crippen LogP) is 5.14. The van der Waals surface area contributed by atoms with Gasteiger partial charge in [0.2, 0.25) is 0 Å². The van der Waals surface area contributed by atoms with Gasteiger partial charge in [-0.25, -0.2) is 8.78 Å². The van der Waals surface area contributed by atoms with Gasteiger partial charge in [0.1, 0.15) is 11.6 Å². The molecule has 20 heavy (non-hydrogen) atoms. The van der Waals surface area contributed by atoms with Crippen LogP contribution in [0.2, 0.25) is 0 Å². The standard InChI is InChI=1S/C17H25F2N/c1-3-5-6-7-8-9-17(20-12-4-2)15-11-10-14(18)13-16(15)19/h3,10-11,13,17,20H,1,4-9,12H2,2H3. The van der Waals surface area contributed by atoms with Crippen LogP contribution in [0.25, 0.3) is 0 Å². The Morgan fingerprint density at radius 3 is 2.70 bits per heavy atom. The van der Waals surface area contributed by atoms with E-state index in [9.17, 15) is 8.78 Å². The second-order valence-electron chi connectivity index (χ2n) is 5.10. The van der Waals surface area contributed by atoms with Gasteiger partial charge < -0.3 is 5.32 Å². The van der Waals surface area contributed by atoms with Crippen molar-refractivity contribution in [3.05, 3.63) is 48.1 Å². The Morgan fingerprint density at radius 2 is 2.05 bits per heavy atom. The van der Waals surface area contributed by atoms with E-state index in [-0.39, 0.29) is 6.04 Å². The summed E-state index contributed by atoms with van der Waals surface area (Å²) in [6, 6.07) is 3.82. The zero-order valence-electron chi connectivity index (χ0n) is 12.3. The van der Waals surface area contributed by atoms with Crippen LogP contribution >= 0.6 is 0 Å². The summed E-state index contributed by atoms with van der Waals surface area (Å²) in [5.41, 5.74) is 0.573. The zero-order valence-corrected chi connectivity index (χ0v) is 12.3. The van der Waals surface area contributed by atoms with E-state index < -0.39 is 11.6 Å². The van der Waals surface area contributed by atoms with Crippen molar-refractivity contribution in [2.24, 2.45) is 0 Å². The van der Waals surface area contributed by atoms with E-state index in [1.54, 1.807) is 6.07 Å². The van der Waals surface area contributed by atoms with Crippen LogP contribution in [0, 0.1) is 11.6 Å². The molecule has 0 amide bonds. The lowest BCUT2D eigenvalue weighted by atomic mass is 9.99. The van der Waals surface area contributed by atoms with Crippen molar-refractivity contribution < 1.29 is 8.78 Å². The molecule has 1 rings (SSSR count). The van der Waals surface area contributed by atoms with Crippen LogP contribution in [0.1, 0.15) is 57.1 Å². The van der Waals surface area contributed by atoms with Gasteiger partial charge in [-0.2, -0.15) is 0 Å². The third kappa shape index (κ3) is 5.83. The molecule has 1 unspecified atom stereocenters. The van der Waals surface area contributed by atoms with Gasteiger partial charge in [-0.05, 0) is 38.3 Å². The Bertz CT molecular complexity index is 404. The van der Waals surface area contributed by atoms with E-state index in [2.05, 4.69) is 18.8 Å². The molecule has 0 aromatic heterocycles. The highest BCUT2D eigenvalue weighted by Crippen LogP contribution is 2.23. The molecule has 0 spiro atoms. The van der Waals surface area contributed by atoms with Crippen LogP contribution in [0.4, 0.5) is 8.78 Å². The average molecular weight is 281 g/mol. The smallest absolute Gasteiger partial charge is 0.130 e. The minimum atomic E-state index is -0.522. The first-order valence-corrected chi connectivity index (χ1v) is 7.48. The molecule has 1 atom stereocenters. The van der Waals surface area contributed by atoms with Crippen LogP contribution in [0.15, 0.2) is 30.9 Å². The Labute approximate surface area is 121 Å². The van der Waals surface area contributed by atoms with Crippen LogP contribution in [0.3, 0.4) is 0 Å². The fraction of sp³-hybridized carbons (Fsp3) is 0.529. The second kappa shape index (κ2) is 9.65. The highest BCUT2D eigenvalue weighted by molar-refractivity contribution is 5.22. The fourth-order valence-corrected chi connectivity index (χ4v) is 2.28. The zero-order chi connectivity index (χ0) is 14.8. The third-order valence-electron chi connectivity index (χ3n) is 3.38. The maximum Gasteiger partial charge on any atom is 0.130 e. The summed E-state index contributed by atoms with van der Waals surface area (Å²) in [6.45, 7) is 6.62. The highest BCUT2D eigenvalue weighted by atomic mass is 19.1. The predicted molar refractivity (Wildman–Crippen MR) is 80.7 cm³/mol. The van der Waals surface area contributed by atoms with Gasteiger partial charge >= 0.3 is 0 Å². The Hall–Kier alpha value is -1.22. The largest absolute Gasteiger partial charge is 0.310 e. The van der Waals surface area contributed by atoms with Crippen molar-refractivity contribution in [3.8, 4) is 0 Å². The molecule has 0 heterocycles. The van der Waals surface area contributed by atoms with Crippen molar-refractivity contribution in [2.75, 3.05) is 6.54 Å². The maximum atomic E-state index is 13.9. The lowest BCUT2D eigenvalue weighted by Gasteiger charge is -2.19. The number of unbranched alkanes of at least 4 members (excludes halogenated alkanes) is 3. The summed E-state index contributed by atoms with van der Waals surface area (Å²) in [6.07, 6.45) is 8.08. The molecule has 112 valence electrons. The highest BCUT2D eigenvalue weighted by Gasteiger charge is 2.15. The van der Waals surface area contributed by atoms with Crippen LogP contribution in [0.5, 0.6) is 0 Å². The Kier molecular flexibility index (Phi) is 8.12. The molecule has 0 radical (unpaired) electrons. The van der Waals surface area contributed by atoms with Gasteiger partial charge in [0.25, 0.3) is 0 Å². The number of hydrogen-bond donors (Lipinski definition) is 1. The molecule has 0 saturated heterocycles. The van der Waals surface area contributed by atoms with Crippen molar-refractivity contribution >= 4 is 0 Å². The van der Waals surface area contributed by atoms with E-state index >= 15 is 0 Å². The minimum absolute atomic E-state index is 0.0284. The summed E-state index contributed by atoms with van der Waals surface area (Å²) < 4.78 is 26.8. The molecular weight excluding hydrogens is 256 g/mol. The molecule has 1 aromatic rings. The number of nitrogens with one attached hydrogen (secondary N) is 1. The van der Waals surface area contributed by atoms with Crippen molar-refractivity contribution in [3.63, 3.8) is 0 Å². The molecule has 3 heteroatoms. The lowest BCUT2D eigenvalue weighted by Crippen LogP contribution is -2.23. The molecule has 0 fully saturated rings. The van der Waals surface area contributed by atoms with Gasteiger partial charge in [-0.1, -0.05) is 31.9 Å². The molecule has 0 aliphatic heterocycles. The first kappa shape index (κ1) is 16.8. The lowest BCUT2D eigenvalue weighted by molar-refractivity contribution is 0.450. The fourth-order valence-electron chi connectivity index (χ4n) is 2.28. The van der Waals surface area contributed by atoms with Crippen LogP contribution < -0.4 is 5.32 Å². The number of hydrogen-bond acceptors (Lipinski definition) is 1. The summed E-state index contributed by atoms with van der Waals surface area (Å²) in [5.74, 6) is -0.976. The summed E-state index contributed by atoms with van der Waals surface area (Å²) in [5, 5.41) is 3.35. The average Bonchev–Trinajstić information content (AvgIpc) is 2.43. The van der Waals surface area contributed by atoms with Gasteiger partial charge in [0, 0.05) is 17.7 Å². The molecular formula is C17H25F2N.